The van der Waals surface area contributed by atoms with Gasteiger partial charge in [-0.1, -0.05) is 12.1 Å². The third kappa shape index (κ3) is 3.87. The average Bonchev–Trinajstić information content (AvgIpc) is 2.46. The summed E-state index contributed by atoms with van der Waals surface area (Å²) in [5.74, 6) is 0.462. The lowest BCUT2D eigenvalue weighted by Gasteiger charge is -2.24. The van der Waals surface area contributed by atoms with E-state index in [0.29, 0.717) is 24.5 Å². The van der Waals surface area contributed by atoms with E-state index in [9.17, 15) is 4.79 Å². The first kappa shape index (κ1) is 14.7. The first-order chi connectivity index (χ1) is 9.70. The number of hydrogen-bond acceptors (Lipinski definition) is 4. The largest absolute Gasteiger partial charge is 0.493 e. The third-order valence-electron chi connectivity index (χ3n) is 3.28. The Hall–Kier alpha value is -1.75. The molecule has 0 bridgehead atoms. The predicted molar refractivity (Wildman–Crippen MR) is 73.4 cm³/mol. The Morgan fingerprint density at radius 2 is 2.35 bits per heavy atom. The molecule has 1 heterocycles. The molecule has 1 saturated heterocycles. The Bertz CT molecular complexity index is 452. The number of carboxylic acid groups (broad SMARTS) is 1. The maximum atomic E-state index is 10.7. The van der Waals surface area contributed by atoms with Gasteiger partial charge in [-0.05, 0) is 30.9 Å². The second kappa shape index (κ2) is 7.14. The van der Waals surface area contributed by atoms with Crippen molar-refractivity contribution in [3.63, 3.8) is 0 Å². The van der Waals surface area contributed by atoms with Gasteiger partial charge in [-0.25, -0.2) is 0 Å². The van der Waals surface area contributed by atoms with Crippen molar-refractivity contribution in [2.75, 3.05) is 20.3 Å². The van der Waals surface area contributed by atoms with E-state index in [-0.39, 0.29) is 12.5 Å². The second-order valence-electron chi connectivity index (χ2n) is 4.80. The molecule has 0 radical (unpaired) electrons. The first-order valence-corrected chi connectivity index (χ1v) is 6.82. The van der Waals surface area contributed by atoms with Crippen LogP contribution >= 0.6 is 0 Å². The molecule has 0 aliphatic carbocycles. The van der Waals surface area contributed by atoms with E-state index in [2.05, 4.69) is 0 Å². The second-order valence-corrected chi connectivity index (χ2v) is 4.80. The maximum absolute atomic E-state index is 10.7. The van der Waals surface area contributed by atoms with Crippen LogP contribution in [-0.2, 0) is 16.0 Å². The molecule has 0 spiro atoms. The molecule has 110 valence electrons. The van der Waals surface area contributed by atoms with Gasteiger partial charge >= 0.3 is 5.97 Å². The van der Waals surface area contributed by atoms with Crippen molar-refractivity contribution in [3.8, 4) is 11.5 Å². The fraction of sp³-hybridized carbons (Fsp3) is 0.533. The fourth-order valence-corrected chi connectivity index (χ4v) is 2.31. The van der Waals surface area contributed by atoms with Crippen LogP contribution in [0.3, 0.4) is 0 Å². The van der Waals surface area contributed by atoms with Gasteiger partial charge in [0.2, 0.25) is 0 Å². The summed E-state index contributed by atoms with van der Waals surface area (Å²) in [6.07, 6.45) is 2.49. The van der Waals surface area contributed by atoms with Gasteiger partial charge in [-0.15, -0.1) is 0 Å². The zero-order chi connectivity index (χ0) is 14.4. The fourth-order valence-electron chi connectivity index (χ4n) is 2.31. The summed E-state index contributed by atoms with van der Waals surface area (Å²) in [6.45, 7) is 1.37. The molecule has 1 atom stereocenters. The molecule has 0 amide bonds. The highest BCUT2D eigenvalue weighted by atomic mass is 16.5. The highest BCUT2D eigenvalue weighted by molar-refractivity contribution is 5.67. The van der Waals surface area contributed by atoms with Gasteiger partial charge in [-0.2, -0.15) is 0 Å². The zero-order valence-electron chi connectivity index (χ0n) is 11.6. The minimum Gasteiger partial charge on any atom is -0.493 e. The molecule has 1 N–H and O–H groups in total. The highest BCUT2D eigenvalue weighted by Crippen LogP contribution is 2.33. The van der Waals surface area contributed by atoms with Gasteiger partial charge in [0.1, 0.15) is 6.10 Å². The highest BCUT2D eigenvalue weighted by Gasteiger charge is 2.19. The summed E-state index contributed by atoms with van der Waals surface area (Å²) in [7, 11) is 1.57. The number of benzene rings is 1. The number of para-hydroxylation sites is 1. The number of aryl methyl sites for hydroxylation is 1. The van der Waals surface area contributed by atoms with Crippen LogP contribution in [0.5, 0.6) is 11.5 Å². The van der Waals surface area contributed by atoms with Crippen molar-refractivity contribution in [3.05, 3.63) is 23.8 Å². The monoisotopic (exact) mass is 280 g/mol. The molecule has 0 aromatic heterocycles. The van der Waals surface area contributed by atoms with Gasteiger partial charge in [-0.3, -0.25) is 4.79 Å². The normalized spacial score (nSPS) is 18.6. The molecule has 0 saturated carbocycles. The Kier molecular flexibility index (Phi) is 5.24. The SMILES string of the molecule is COc1c(CCC(=O)O)cccc1OC1CCCOC1. The van der Waals surface area contributed by atoms with Crippen LogP contribution in [0.1, 0.15) is 24.8 Å². The maximum Gasteiger partial charge on any atom is 0.303 e. The topological polar surface area (TPSA) is 65.0 Å². The van der Waals surface area contributed by atoms with E-state index in [1.165, 1.54) is 0 Å². The summed E-state index contributed by atoms with van der Waals surface area (Å²) in [5.41, 5.74) is 0.851. The summed E-state index contributed by atoms with van der Waals surface area (Å²) in [4.78, 5) is 10.7. The Labute approximate surface area is 118 Å². The number of hydrogen-bond donors (Lipinski definition) is 1. The van der Waals surface area contributed by atoms with Crippen molar-refractivity contribution >= 4 is 5.97 Å². The predicted octanol–water partition coefficient (Wildman–Crippen LogP) is 2.27. The number of rotatable bonds is 6. The van der Waals surface area contributed by atoms with Gasteiger partial charge in [0.05, 0.1) is 13.7 Å². The van der Waals surface area contributed by atoms with Gasteiger partial charge in [0.25, 0.3) is 0 Å². The van der Waals surface area contributed by atoms with E-state index >= 15 is 0 Å². The van der Waals surface area contributed by atoms with E-state index < -0.39 is 5.97 Å². The Balaban J connectivity index is 2.10. The molecule has 1 aliphatic rings. The van der Waals surface area contributed by atoms with Crippen LogP contribution in [-0.4, -0.2) is 37.5 Å². The summed E-state index contributed by atoms with van der Waals surface area (Å²) < 4.78 is 16.7. The van der Waals surface area contributed by atoms with Crippen LogP contribution < -0.4 is 9.47 Å². The number of methoxy groups -OCH3 is 1. The number of carbonyl (C=O) groups is 1. The van der Waals surface area contributed by atoms with Crippen molar-refractivity contribution < 1.29 is 24.1 Å². The smallest absolute Gasteiger partial charge is 0.303 e. The standard InChI is InChI=1S/C15H20O5/c1-18-15-11(7-8-14(16)17)4-2-6-13(15)20-12-5-3-9-19-10-12/h2,4,6,12H,3,5,7-10H2,1H3,(H,16,17). The molecule has 1 aliphatic heterocycles. The lowest BCUT2D eigenvalue weighted by molar-refractivity contribution is -0.136. The van der Waals surface area contributed by atoms with E-state index in [4.69, 9.17) is 19.3 Å². The molecule has 1 unspecified atom stereocenters. The van der Waals surface area contributed by atoms with Crippen molar-refractivity contribution in [2.45, 2.75) is 31.8 Å². The average molecular weight is 280 g/mol. The molecule has 1 aromatic rings. The molecule has 5 nitrogen and oxygen atoms in total. The van der Waals surface area contributed by atoms with Crippen LogP contribution in [0.15, 0.2) is 18.2 Å². The van der Waals surface area contributed by atoms with Crippen LogP contribution in [0.4, 0.5) is 0 Å². The first-order valence-electron chi connectivity index (χ1n) is 6.82. The third-order valence-corrected chi connectivity index (χ3v) is 3.28. The van der Waals surface area contributed by atoms with Crippen LogP contribution in [0, 0.1) is 0 Å². The zero-order valence-corrected chi connectivity index (χ0v) is 11.6. The lowest BCUT2D eigenvalue weighted by Crippen LogP contribution is -2.28. The molecule has 1 fully saturated rings. The van der Waals surface area contributed by atoms with Gasteiger partial charge in [0.15, 0.2) is 11.5 Å². The van der Waals surface area contributed by atoms with E-state index in [0.717, 1.165) is 25.0 Å². The van der Waals surface area contributed by atoms with Crippen LogP contribution in [0.25, 0.3) is 0 Å². The molecule has 20 heavy (non-hydrogen) atoms. The Morgan fingerprint density at radius 3 is 3.00 bits per heavy atom. The quantitative estimate of drug-likeness (QED) is 0.866. The number of aliphatic carboxylic acids is 1. The van der Waals surface area contributed by atoms with Crippen molar-refractivity contribution in [2.24, 2.45) is 0 Å². The minimum atomic E-state index is -0.820. The summed E-state index contributed by atoms with van der Waals surface area (Å²) >= 11 is 0. The lowest BCUT2D eigenvalue weighted by atomic mass is 10.1. The molecular weight excluding hydrogens is 260 g/mol. The molecule has 2 rings (SSSR count). The number of ether oxygens (including phenoxy) is 3. The molecule has 5 heteroatoms. The van der Waals surface area contributed by atoms with Gasteiger partial charge in [0, 0.05) is 13.0 Å². The summed E-state index contributed by atoms with van der Waals surface area (Å²) in [6, 6.07) is 5.57. The van der Waals surface area contributed by atoms with E-state index in [1.807, 2.05) is 18.2 Å². The van der Waals surface area contributed by atoms with Crippen molar-refractivity contribution in [1.29, 1.82) is 0 Å². The van der Waals surface area contributed by atoms with E-state index in [1.54, 1.807) is 7.11 Å². The number of carboxylic acids is 1. The van der Waals surface area contributed by atoms with Crippen molar-refractivity contribution in [1.82, 2.24) is 0 Å². The Morgan fingerprint density at radius 1 is 1.50 bits per heavy atom. The van der Waals surface area contributed by atoms with Gasteiger partial charge < -0.3 is 19.3 Å². The molecule has 1 aromatic carbocycles. The molecular formula is C15H20O5. The summed E-state index contributed by atoms with van der Waals surface area (Å²) in [5, 5.41) is 8.78. The minimum absolute atomic E-state index is 0.0346. The van der Waals surface area contributed by atoms with Crippen LogP contribution in [0.2, 0.25) is 0 Å².